The van der Waals surface area contributed by atoms with Gasteiger partial charge in [0.25, 0.3) is 0 Å². The van der Waals surface area contributed by atoms with Gasteiger partial charge in [-0.25, -0.2) is 14.8 Å². The molecular weight excluding hydrogens is 787 g/mol. The van der Waals surface area contributed by atoms with Gasteiger partial charge in [-0.15, -0.1) is 0 Å². The molecule has 4 atom stereocenters. The van der Waals surface area contributed by atoms with Crippen molar-refractivity contribution in [3.63, 3.8) is 0 Å². The first-order valence-corrected chi connectivity index (χ1v) is 20.3. The Balaban J connectivity index is 0.992. The number of carbonyl (C=O) groups excluding carboxylic acids is 1. The number of ether oxygens (including phenoxy) is 3. The topological polar surface area (TPSA) is 123 Å². The number of carboxylic acid groups (broad SMARTS) is 1. The van der Waals surface area contributed by atoms with Crippen LogP contribution in [0.2, 0.25) is 10.0 Å². The molecule has 1 amide bonds. The smallest absolute Gasteiger partial charge is 0.326 e. The molecule has 2 aliphatic rings. The van der Waals surface area contributed by atoms with Crippen LogP contribution in [0.4, 0.5) is 0 Å². The Hall–Kier alpha value is -5.94. The summed E-state index contributed by atoms with van der Waals surface area (Å²) < 4.78 is 18.8. The molecule has 0 fully saturated rings. The monoisotopic (exact) mass is 828 g/mol. The second kappa shape index (κ2) is 17.9. The summed E-state index contributed by atoms with van der Waals surface area (Å²) in [4.78, 5) is 37.4. The summed E-state index contributed by atoms with van der Waals surface area (Å²) in [5, 5.41) is 14.2. The minimum atomic E-state index is -1.13. The highest BCUT2D eigenvalue weighted by atomic mass is 35.5. The van der Waals surface area contributed by atoms with Crippen molar-refractivity contribution in [3.05, 3.63) is 171 Å². The third kappa shape index (κ3) is 9.20. The lowest BCUT2D eigenvalue weighted by molar-refractivity contribution is -0.143. The molecule has 12 heteroatoms. The molecule has 0 saturated heterocycles. The van der Waals surface area contributed by atoms with E-state index in [2.05, 4.69) is 39.2 Å². The summed E-state index contributed by atoms with van der Waals surface area (Å²) >= 11 is 12.2. The van der Waals surface area contributed by atoms with Crippen molar-refractivity contribution < 1.29 is 28.9 Å². The van der Waals surface area contributed by atoms with Gasteiger partial charge in [0.1, 0.15) is 31.3 Å². The van der Waals surface area contributed by atoms with Gasteiger partial charge in [0.05, 0.1) is 21.8 Å². The number of fused-ring (bicyclic) bond motifs is 2. The molecule has 1 aromatic heterocycles. The second-order valence-electron chi connectivity index (χ2n) is 14.7. The number of halogens is 2. The van der Waals surface area contributed by atoms with E-state index in [0.29, 0.717) is 53.5 Å². The highest BCUT2D eigenvalue weighted by Crippen LogP contribution is 2.42. The predicted molar refractivity (Wildman–Crippen MR) is 226 cm³/mol. The third-order valence-corrected chi connectivity index (χ3v) is 11.6. The van der Waals surface area contributed by atoms with Gasteiger partial charge in [-0.3, -0.25) is 9.69 Å². The van der Waals surface area contributed by atoms with Gasteiger partial charge in [-0.05, 0) is 88.7 Å². The van der Waals surface area contributed by atoms with Crippen molar-refractivity contribution in [1.29, 1.82) is 0 Å². The fourth-order valence-corrected chi connectivity index (χ4v) is 8.12. The van der Waals surface area contributed by atoms with Crippen LogP contribution in [-0.4, -0.2) is 50.5 Å². The molecular formula is C47H42Cl2N4O6. The first-order chi connectivity index (χ1) is 28.7. The Labute approximate surface area is 352 Å². The molecule has 6 aromatic rings. The van der Waals surface area contributed by atoms with Gasteiger partial charge in [0.2, 0.25) is 5.91 Å². The van der Waals surface area contributed by atoms with Crippen LogP contribution in [0.1, 0.15) is 58.9 Å². The fourth-order valence-electron chi connectivity index (χ4n) is 7.79. The number of hydrogen-bond acceptors (Lipinski definition) is 8. The molecule has 2 aliphatic heterocycles. The van der Waals surface area contributed by atoms with E-state index in [0.717, 1.165) is 51.1 Å². The Morgan fingerprint density at radius 2 is 1.66 bits per heavy atom. The van der Waals surface area contributed by atoms with Crippen molar-refractivity contribution >= 4 is 35.1 Å². The van der Waals surface area contributed by atoms with Gasteiger partial charge in [-0.1, -0.05) is 103 Å². The quantitative estimate of drug-likeness (QED) is 0.117. The average molecular weight is 830 g/mol. The molecule has 0 spiro atoms. The number of carbonyl (C=O) groups is 2. The second-order valence-corrected chi connectivity index (χ2v) is 15.5. The van der Waals surface area contributed by atoms with Crippen molar-refractivity contribution in [2.75, 3.05) is 6.61 Å². The van der Waals surface area contributed by atoms with E-state index in [1.807, 2.05) is 91.0 Å². The van der Waals surface area contributed by atoms with Gasteiger partial charge in [0, 0.05) is 30.8 Å². The molecule has 5 aromatic carbocycles. The van der Waals surface area contributed by atoms with Gasteiger partial charge >= 0.3 is 5.97 Å². The largest absolute Gasteiger partial charge is 0.489 e. The van der Waals surface area contributed by atoms with Crippen LogP contribution in [-0.2, 0) is 35.6 Å². The van der Waals surface area contributed by atoms with Crippen LogP contribution in [0.5, 0.6) is 17.2 Å². The normalized spacial score (nSPS) is 17.0. The molecule has 0 aliphatic carbocycles. The van der Waals surface area contributed by atoms with Crippen molar-refractivity contribution in [1.82, 2.24) is 20.2 Å². The number of nitrogens with one attached hydrogen (secondary N) is 1. The highest BCUT2D eigenvalue weighted by Gasteiger charge is 2.38. The Morgan fingerprint density at radius 1 is 0.898 bits per heavy atom. The number of carboxylic acids is 1. The SMILES string of the molecule is CC[C@@H](c1ccccc1)N1Cc2cc3c(cc2C[C@H]1C(=O)N[C@@H](Cc1ccc(-c2ccncn2)cc1)C(=O)O)OC[C@H](c1ccc(OCc2ccc(Cl)c(Cl)c2)cc1)O3. The van der Waals surface area contributed by atoms with E-state index in [1.165, 1.54) is 6.33 Å². The first-order valence-electron chi connectivity index (χ1n) is 19.5. The maximum absolute atomic E-state index is 14.4. The number of aliphatic carboxylic acids is 1. The van der Waals surface area contributed by atoms with Gasteiger partial charge in [0.15, 0.2) is 17.6 Å². The molecule has 0 bridgehead atoms. The van der Waals surface area contributed by atoms with Crippen LogP contribution in [0.3, 0.4) is 0 Å². The molecule has 0 saturated carbocycles. The summed E-state index contributed by atoms with van der Waals surface area (Å²) in [5.74, 6) is 0.507. The minimum Gasteiger partial charge on any atom is -0.489 e. The summed E-state index contributed by atoms with van der Waals surface area (Å²) in [6.07, 6.45) is 4.05. The molecule has 59 heavy (non-hydrogen) atoms. The number of rotatable bonds is 13. The summed E-state index contributed by atoms with van der Waals surface area (Å²) in [7, 11) is 0. The number of hydrogen-bond donors (Lipinski definition) is 2. The van der Waals surface area contributed by atoms with E-state index >= 15 is 0 Å². The van der Waals surface area contributed by atoms with Crippen LogP contribution >= 0.6 is 23.2 Å². The van der Waals surface area contributed by atoms with Gasteiger partial charge < -0.3 is 24.6 Å². The lowest BCUT2D eigenvalue weighted by Crippen LogP contribution is -2.55. The summed E-state index contributed by atoms with van der Waals surface area (Å²) in [5.41, 5.74) is 7.35. The van der Waals surface area contributed by atoms with E-state index in [4.69, 9.17) is 37.4 Å². The van der Waals surface area contributed by atoms with E-state index in [-0.39, 0.29) is 24.5 Å². The maximum atomic E-state index is 14.4. The summed E-state index contributed by atoms with van der Waals surface area (Å²) in [6, 6.07) is 34.7. The zero-order chi connectivity index (χ0) is 40.9. The fraction of sp³-hybridized carbons (Fsp3) is 0.234. The highest BCUT2D eigenvalue weighted by molar-refractivity contribution is 6.42. The number of benzene rings is 5. The number of nitrogens with zero attached hydrogens (tertiary/aromatic N) is 3. The minimum absolute atomic E-state index is 0.101. The third-order valence-electron chi connectivity index (χ3n) is 10.9. The number of amides is 1. The first kappa shape index (κ1) is 39.9. The van der Waals surface area contributed by atoms with Crippen LogP contribution < -0.4 is 19.5 Å². The van der Waals surface area contributed by atoms with E-state index < -0.39 is 18.1 Å². The molecule has 8 rings (SSSR count). The maximum Gasteiger partial charge on any atom is 0.326 e. The van der Waals surface area contributed by atoms with Crippen LogP contribution in [0.15, 0.2) is 128 Å². The Kier molecular flexibility index (Phi) is 12.1. The average Bonchev–Trinajstić information content (AvgIpc) is 3.26. The van der Waals surface area contributed by atoms with E-state index in [1.54, 1.807) is 18.3 Å². The zero-order valence-electron chi connectivity index (χ0n) is 32.3. The van der Waals surface area contributed by atoms with Crippen LogP contribution in [0.25, 0.3) is 11.3 Å². The zero-order valence-corrected chi connectivity index (χ0v) is 33.8. The Morgan fingerprint density at radius 3 is 2.37 bits per heavy atom. The standard InChI is InChI=1S/C47H42Cl2N4O6/c1-2-41(32-6-4-3-5-7-32)53-25-35-24-44-43(58-27-45(59-44)33-13-15-36(16-14-33)57-26-30-10-17-37(48)38(49)20-30)23-34(35)22-42(53)46(54)52-40(47(55)56)21-29-8-11-31(12-9-29)39-18-19-50-28-51-39/h3-20,23-24,28,40-42,45H,2,21-22,25-27H2,1H3,(H,52,54)(H,55,56)/t40-,41-,42-,45+/m0/s1. The van der Waals surface area contributed by atoms with Crippen molar-refractivity contribution in [3.8, 4) is 28.5 Å². The van der Waals surface area contributed by atoms with Crippen molar-refractivity contribution in [2.24, 2.45) is 0 Å². The molecule has 10 nitrogen and oxygen atoms in total. The van der Waals surface area contributed by atoms with E-state index in [9.17, 15) is 14.7 Å². The molecule has 300 valence electrons. The number of aromatic nitrogens is 2. The molecule has 0 unspecified atom stereocenters. The van der Waals surface area contributed by atoms with Crippen molar-refractivity contribution in [2.45, 2.75) is 63.6 Å². The Bertz CT molecular complexity index is 2420. The molecule has 2 N–H and O–H groups in total. The van der Waals surface area contributed by atoms with Crippen LogP contribution in [0, 0.1) is 0 Å². The summed E-state index contributed by atoms with van der Waals surface area (Å²) in [6.45, 7) is 3.21. The molecule has 0 radical (unpaired) electrons. The predicted octanol–water partition coefficient (Wildman–Crippen LogP) is 9.23. The molecule has 3 heterocycles. The van der Waals surface area contributed by atoms with Gasteiger partial charge in [-0.2, -0.15) is 0 Å². The lowest BCUT2D eigenvalue weighted by Gasteiger charge is -2.42. The lowest BCUT2D eigenvalue weighted by atomic mass is 9.89.